The first-order valence-corrected chi connectivity index (χ1v) is 10.9. The third kappa shape index (κ3) is 5.36. The van der Waals surface area contributed by atoms with E-state index >= 15 is 0 Å². The highest BCUT2D eigenvalue weighted by Crippen LogP contribution is 2.23. The van der Waals surface area contributed by atoms with E-state index in [1.54, 1.807) is 53.1 Å². The second kappa shape index (κ2) is 9.81. The Kier molecular flexibility index (Phi) is 6.67. The Balaban J connectivity index is 1.50. The number of nitrogens with zero attached hydrogens (tertiary/aromatic N) is 2. The van der Waals surface area contributed by atoms with Crippen molar-refractivity contribution in [3.8, 4) is 11.4 Å². The summed E-state index contributed by atoms with van der Waals surface area (Å²) >= 11 is 11.3. The van der Waals surface area contributed by atoms with Gasteiger partial charge in [-0.15, -0.1) is 0 Å². The van der Waals surface area contributed by atoms with Gasteiger partial charge in [0.2, 0.25) is 5.91 Å². The first-order valence-electron chi connectivity index (χ1n) is 10.1. The number of hydrogen-bond donors (Lipinski definition) is 3. The molecule has 4 rings (SSSR count). The topological polar surface area (TPSA) is 91.8 Å². The Morgan fingerprint density at radius 3 is 2.48 bits per heavy atom. The van der Waals surface area contributed by atoms with E-state index in [4.69, 9.17) is 23.8 Å². The third-order valence-electron chi connectivity index (χ3n) is 4.97. The van der Waals surface area contributed by atoms with E-state index in [0.29, 0.717) is 32.6 Å². The smallest absolute Gasteiger partial charge is 0.255 e. The number of amides is 2. The Morgan fingerprint density at radius 2 is 1.76 bits per heavy atom. The van der Waals surface area contributed by atoms with Gasteiger partial charge in [0, 0.05) is 27.5 Å². The molecule has 0 fully saturated rings. The molecule has 4 aromatic rings. The first-order chi connectivity index (χ1) is 15.9. The van der Waals surface area contributed by atoms with Crippen LogP contribution in [0.2, 0.25) is 5.02 Å². The van der Waals surface area contributed by atoms with Crippen molar-refractivity contribution in [3.63, 3.8) is 0 Å². The molecule has 0 unspecified atom stereocenters. The molecular formula is C24H20ClN5O2S. The summed E-state index contributed by atoms with van der Waals surface area (Å²) < 4.78 is 1.94. The van der Waals surface area contributed by atoms with Crippen LogP contribution < -0.4 is 10.6 Å². The number of carbonyl (C=O) groups is 2. The number of aromatic nitrogens is 3. The number of hydrogen-bond acceptors (Lipinski definition) is 4. The van der Waals surface area contributed by atoms with Gasteiger partial charge in [0.05, 0.1) is 0 Å². The predicted molar refractivity (Wildman–Crippen MR) is 132 cm³/mol. The van der Waals surface area contributed by atoms with Crippen LogP contribution in [0.4, 0.5) is 11.4 Å². The molecule has 1 heterocycles. The van der Waals surface area contributed by atoms with Crippen molar-refractivity contribution in [1.82, 2.24) is 14.8 Å². The average molecular weight is 478 g/mol. The Labute approximate surface area is 200 Å². The van der Waals surface area contributed by atoms with Gasteiger partial charge in [-0.05, 0) is 73.2 Å². The number of benzene rings is 3. The van der Waals surface area contributed by atoms with Crippen LogP contribution in [0.15, 0.2) is 72.8 Å². The third-order valence-corrected chi connectivity index (χ3v) is 5.53. The minimum absolute atomic E-state index is 0.0344. The van der Waals surface area contributed by atoms with Gasteiger partial charge in [0.25, 0.3) is 5.91 Å². The van der Waals surface area contributed by atoms with Crippen molar-refractivity contribution in [3.05, 3.63) is 93.7 Å². The highest BCUT2D eigenvalue weighted by Gasteiger charge is 2.14. The normalized spacial score (nSPS) is 10.6. The van der Waals surface area contributed by atoms with E-state index in [9.17, 15) is 9.59 Å². The quantitative estimate of drug-likeness (QED) is 0.321. The van der Waals surface area contributed by atoms with Crippen LogP contribution in [-0.4, -0.2) is 26.6 Å². The number of aromatic amines is 1. The summed E-state index contributed by atoms with van der Waals surface area (Å²) in [5.41, 5.74) is 3.35. The highest BCUT2D eigenvalue weighted by molar-refractivity contribution is 7.71. The molecule has 0 saturated heterocycles. The van der Waals surface area contributed by atoms with Crippen LogP contribution in [-0.2, 0) is 11.3 Å². The zero-order chi connectivity index (χ0) is 23.4. The first kappa shape index (κ1) is 22.4. The predicted octanol–water partition coefficient (Wildman–Crippen LogP) is 5.46. The van der Waals surface area contributed by atoms with Crippen molar-refractivity contribution in [2.75, 3.05) is 10.6 Å². The molecule has 0 radical (unpaired) electrons. The lowest BCUT2D eigenvalue weighted by atomic mass is 10.1. The van der Waals surface area contributed by atoms with Crippen molar-refractivity contribution in [2.45, 2.75) is 13.5 Å². The van der Waals surface area contributed by atoms with Gasteiger partial charge in [-0.25, -0.2) is 0 Å². The van der Waals surface area contributed by atoms with E-state index in [1.807, 2.05) is 31.2 Å². The molecule has 0 spiro atoms. The minimum Gasteiger partial charge on any atom is -0.324 e. The molecule has 0 aliphatic rings. The fraction of sp³-hybridized carbons (Fsp3) is 0.0833. The molecular weight excluding hydrogens is 458 g/mol. The molecule has 33 heavy (non-hydrogen) atoms. The molecule has 7 nitrogen and oxygen atoms in total. The fourth-order valence-corrected chi connectivity index (χ4v) is 3.57. The average Bonchev–Trinajstić information content (AvgIpc) is 3.17. The second-order valence-corrected chi connectivity index (χ2v) is 8.17. The van der Waals surface area contributed by atoms with Gasteiger partial charge in [-0.1, -0.05) is 35.9 Å². The summed E-state index contributed by atoms with van der Waals surface area (Å²) in [6.45, 7) is 1.84. The van der Waals surface area contributed by atoms with Crippen molar-refractivity contribution >= 4 is 47.0 Å². The maximum atomic E-state index is 12.8. The van der Waals surface area contributed by atoms with E-state index in [1.165, 1.54) is 0 Å². The molecule has 166 valence electrons. The van der Waals surface area contributed by atoms with E-state index in [0.717, 1.165) is 11.1 Å². The molecule has 2 amide bonds. The molecule has 0 atom stereocenters. The lowest BCUT2D eigenvalue weighted by Crippen LogP contribution is -2.20. The van der Waals surface area contributed by atoms with Crippen LogP contribution >= 0.6 is 23.8 Å². The SMILES string of the molecule is Cc1ccc(NC(=O)c2ccccc2)cc1NC(=O)Cn1c(-c2ccc(Cl)cc2)n[nH]c1=S. The van der Waals surface area contributed by atoms with Crippen LogP contribution in [0.5, 0.6) is 0 Å². The number of anilines is 2. The van der Waals surface area contributed by atoms with Crippen LogP contribution in [0.25, 0.3) is 11.4 Å². The van der Waals surface area contributed by atoms with Crippen LogP contribution in [0.3, 0.4) is 0 Å². The summed E-state index contributed by atoms with van der Waals surface area (Å²) in [5, 5.41) is 13.3. The number of aryl methyl sites for hydroxylation is 1. The molecule has 3 aromatic carbocycles. The lowest BCUT2D eigenvalue weighted by molar-refractivity contribution is -0.116. The molecule has 0 saturated carbocycles. The fourth-order valence-electron chi connectivity index (χ4n) is 3.24. The van der Waals surface area contributed by atoms with Gasteiger partial charge < -0.3 is 10.6 Å². The van der Waals surface area contributed by atoms with Gasteiger partial charge >= 0.3 is 0 Å². The van der Waals surface area contributed by atoms with Crippen molar-refractivity contribution < 1.29 is 9.59 Å². The molecule has 9 heteroatoms. The summed E-state index contributed by atoms with van der Waals surface area (Å²) in [6, 6.07) is 21.4. The van der Waals surface area contributed by atoms with Gasteiger partial charge in [-0.3, -0.25) is 19.3 Å². The molecule has 0 aliphatic carbocycles. The summed E-state index contributed by atoms with van der Waals surface area (Å²) in [6.07, 6.45) is 0. The summed E-state index contributed by atoms with van der Waals surface area (Å²) in [5.74, 6) is 0.0267. The number of rotatable bonds is 6. The minimum atomic E-state index is -0.280. The maximum Gasteiger partial charge on any atom is 0.255 e. The number of halogens is 1. The molecule has 3 N–H and O–H groups in total. The summed E-state index contributed by atoms with van der Waals surface area (Å²) in [7, 11) is 0. The van der Waals surface area contributed by atoms with Crippen LogP contribution in [0.1, 0.15) is 15.9 Å². The Morgan fingerprint density at radius 1 is 1.03 bits per heavy atom. The zero-order valence-electron chi connectivity index (χ0n) is 17.6. The largest absolute Gasteiger partial charge is 0.324 e. The summed E-state index contributed by atoms with van der Waals surface area (Å²) in [4.78, 5) is 25.3. The van der Waals surface area contributed by atoms with E-state index in [-0.39, 0.29) is 18.4 Å². The maximum absolute atomic E-state index is 12.8. The number of nitrogens with one attached hydrogen (secondary N) is 3. The van der Waals surface area contributed by atoms with Crippen molar-refractivity contribution in [2.24, 2.45) is 0 Å². The molecule has 0 bridgehead atoms. The second-order valence-electron chi connectivity index (χ2n) is 7.34. The van der Waals surface area contributed by atoms with Gasteiger partial charge in [0.1, 0.15) is 6.54 Å². The van der Waals surface area contributed by atoms with Crippen molar-refractivity contribution in [1.29, 1.82) is 0 Å². The van der Waals surface area contributed by atoms with E-state index in [2.05, 4.69) is 20.8 Å². The highest BCUT2D eigenvalue weighted by atomic mass is 35.5. The molecule has 0 aliphatic heterocycles. The monoisotopic (exact) mass is 477 g/mol. The van der Waals surface area contributed by atoms with Gasteiger partial charge in [-0.2, -0.15) is 5.10 Å². The molecule has 1 aromatic heterocycles. The number of H-pyrrole nitrogens is 1. The Bertz CT molecular complexity index is 1360. The zero-order valence-corrected chi connectivity index (χ0v) is 19.2. The van der Waals surface area contributed by atoms with Gasteiger partial charge in [0.15, 0.2) is 10.6 Å². The lowest BCUT2D eigenvalue weighted by Gasteiger charge is -2.13. The standard InChI is InChI=1S/C24H20ClN5O2S/c1-15-7-12-19(26-23(32)17-5-3-2-4-6-17)13-20(15)27-21(31)14-30-22(28-29-24(30)33)16-8-10-18(25)11-9-16/h2-13H,14H2,1H3,(H,26,32)(H,27,31)(H,29,33). The number of carbonyl (C=O) groups excluding carboxylic acids is 2. The van der Waals surface area contributed by atoms with Crippen LogP contribution in [0, 0.1) is 11.7 Å². The Hall–Kier alpha value is -3.75. The van der Waals surface area contributed by atoms with E-state index < -0.39 is 0 Å².